The molecule has 0 saturated carbocycles. The minimum Gasteiger partial charge on any atom is -0.369 e. The molecule has 1 aliphatic rings. The van der Waals surface area contributed by atoms with Gasteiger partial charge in [-0.1, -0.05) is 18.2 Å². The lowest BCUT2D eigenvalue weighted by atomic mass is 10.0. The summed E-state index contributed by atoms with van der Waals surface area (Å²) >= 11 is 0. The third kappa shape index (κ3) is 7.23. The normalized spacial score (nSPS) is 14.1. The summed E-state index contributed by atoms with van der Waals surface area (Å²) in [5.74, 6) is -1.42. The standard InChI is InChI=1S/C25H27FN6O5S/c26-21-17-18(7-8-22(21)32-15-10-19(11-16-32)30-25-28-12-4-13-29-25)24(34)27-14-9-23(33)37-31-38(35,36)20-5-2-1-3-6-20/h1-8,12-13,17,19,31H,9-11,14-16H2,(H,27,34)(H,28,29,30). The number of halogens is 1. The number of sulfonamides is 1. The van der Waals surface area contributed by atoms with Crippen LogP contribution in [-0.4, -0.2) is 55.9 Å². The molecule has 0 spiro atoms. The Balaban J connectivity index is 1.21. The number of nitrogens with zero attached hydrogens (tertiary/aromatic N) is 3. The van der Waals surface area contributed by atoms with Crippen LogP contribution in [0.3, 0.4) is 0 Å². The van der Waals surface area contributed by atoms with Crippen molar-refractivity contribution < 1.29 is 27.2 Å². The molecule has 0 atom stereocenters. The highest BCUT2D eigenvalue weighted by molar-refractivity contribution is 7.89. The Morgan fingerprint density at radius 1 is 1.03 bits per heavy atom. The molecule has 0 aliphatic carbocycles. The van der Waals surface area contributed by atoms with E-state index in [0.717, 1.165) is 18.9 Å². The Bertz CT molecular complexity index is 1350. The Hall–Kier alpha value is -4.10. The average Bonchev–Trinajstić information content (AvgIpc) is 2.93. The number of nitrogens with one attached hydrogen (secondary N) is 3. The third-order valence-corrected chi connectivity index (χ3v) is 7.07. The minimum absolute atomic E-state index is 0.0607. The molecule has 2 heterocycles. The molecule has 3 N–H and O–H groups in total. The van der Waals surface area contributed by atoms with E-state index in [-0.39, 0.29) is 29.5 Å². The van der Waals surface area contributed by atoms with Crippen molar-refractivity contribution in [3.05, 3.63) is 78.4 Å². The van der Waals surface area contributed by atoms with Crippen molar-refractivity contribution in [2.45, 2.75) is 30.2 Å². The van der Waals surface area contributed by atoms with Gasteiger partial charge in [-0.25, -0.2) is 22.8 Å². The van der Waals surface area contributed by atoms with Crippen LogP contribution in [-0.2, 0) is 19.7 Å². The van der Waals surface area contributed by atoms with Gasteiger partial charge in [0.05, 0.1) is 17.0 Å². The number of anilines is 2. The largest absolute Gasteiger partial charge is 0.369 e. The van der Waals surface area contributed by atoms with Gasteiger partial charge >= 0.3 is 5.97 Å². The number of rotatable bonds is 10. The predicted molar refractivity (Wildman–Crippen MR) is 137 cm³/mol. The van der Waals surface area contributed by atoms with Crippen LogP contribution in [0, 0.1) is 5.82 Å². The molecule has 0 radical (unpaired) electrons. The first-order chi connectivity index (χ1) is 18.3. The van der Waals surface area contributed by atoms with Gasteiger partial charge in [-0.05, 0) is 54.1 Å². The maximum Gasteiger partial charge on any atom is 0.327 e. The zero-order chi connectivity index (χ0) is 27.0. The maximum absolute atomic E-state index is 14.8. The Morgan fingerprint density at radius 2 is 1.74 bits per heavy atom. The topological polar surface area (TPSA) is 143 Å². The quantitative estimate of drug-likeness (QED) is 0.329. The van der Waals surface area contributed by atoms with E-state index in [1.54, 1.807) is 35.5 Å². The highest BCUT2D eigenvalue weighted by Gasteiger charge is 2.23. The van der Waals surface area contributed by atoms with Crippen LogP contribution in [0.5, 0.6) is 0 Å². The van der Waals surface area contributed by atoms with Crippen LogP contribution in [0.1, 0.15) is 29.6 Å². The van der Waals surface area contributed by atoms with E-state index in [2.05, 4.69) is 25.4 Å². The van der Waals surface area contributed by atoms with Crippen LogP contribution >= 0.6 is 0 Å². The Kier molecular flexibility index (Phi) is 8.81. The number of piperidine rings is 1. The second kappa shape index (κ2) is 12.4. The van der Waals surface area contributed by atoms with E-state index in [0.29, 0.717) is 24.7 Å². The van der Waals surface area contributed by atoms with Gasteiger partial charge < -0.3 is 20.4 Å². The number of hydrogen-bond acceptors (Lipinski definition) is 9. The number of aromatic nitrogens is 2. The first-order valence-corrected chi connectivity index (χ1v) is 13.4. The van der Waals surface area contributed by atoms with Gasteiger partial charge in [0, 0.05) is 43.6 Å². The summed E-state index contributed by atoms with van der Waals surface area (Å²) in [7, 11) is -4.01. The maximum atomic E-state index is 14.8. The molecular formula is C25H27FN6O5S. The second-order valence-corrected chi connectivity index (χ2v) is 10.2. The fourth-order valence-electron chi connectivity index (χ4n) is 3.91. The number of carbonyl (C=O) groups excluding carboxylic acids is 2. The highest BCUT2D eigenvalue weighted by Crippen LogP contribution is 2.25. The molecule has 4 rings (SSSR count). The van der Waals surface area contributed by atoms with Crippen molar-refractivity contribution in [1.82, 2.24) is 20.2 Å². The number of benzene rings is 2. The van der Waals surface area contributed by atoms with Crippen molar-refractivity contribution in [3.8, 4) is 0 Å². The molecule has 1 saturated heterocycles. The molecule has 38 heavy (non-hydrogen) atoms. The number of amides is 1. The van der Waals surface area contributed by atoms with Gasteiger partial charge in [-0.15, -0.1) is 0 Å². The average molecular weight is 543 g/mol. The number of hydrogen-bond donors (Lipinski definition) is 3. The molecule has 1 amide bonds. The van der Waals surface area contributed by atoms with Gasteiger partial charge in [0.25, 0.3) is 15.9 Å². The van der Waals surface area contributed by atoms with Crippen molar-refractivity contribution in [2.24, 2.45) is 0 Å². The zero-order valence-corrected chi connectivity index (χ0v) is 21.2. The van der Waals surface area contributed by atoms with Crippen molar-refractivity contribution in [3.63, 3.8) is 0 Å². The van der Waals surface area contributed by atoms with E-state index >= 15 is 0 Å². The minimum atomic E-state index is -4.01. The van der Waals surface area contributed by atoms with Crippen molar-refractivity contribution in [2.75, 3.05) is 29.9 Å². The summed E-state index contributed by atoms with van der Waals surface area (Å²) in [4.78, 5) is 40.8. The molecule has 0 unspecified atom stereocenters. The summed E-state index contributed by atoms with van der Waals surface area (Å²) in [6.07, 6.45) is 4.59. The van der Waals surface area contributed by atoms with Gasteiger partial charge in [-0.2, -0.15) is 0 Å². The van der Waals surface area contributed by atoms with Crippen molar-refractivity contribution in [1.29, 1.82) is 0 Å². The third-order valence-electron chi connectivity index (χ3n) is 5.88. The SMILES string of the molecule is O=C(CCNC(=O)c1ccc(N2CCC(Nc3ncccn3)CC2)c(F)c1)ONS(=O)(=O)c1ccccc1. The summed E-state index contributed by atoms with van der Waals surface area (Å²) < 4.78 is 39.0. The summed E-state index contributed by atoms with van der Waals surface area (Å²) in [5.41, 5.74) is 0.507. The van der Waals surface area contributed by atoms with Crippen LogP contribution in [0.15, 0.2) is 71.9 Å². The first kappa shape index (κ1) is 26.9. The second-order valence-electron chi connectivity index (χ2n) is 8.52. The van der Waals surface area contributed by atoms with E-state index in [9.17, 15) is 22.4 Å². The van der Waals surface area contributed by atoms with E-state index in [1.807, 2.05) is 4.90 Å². The van der Waals surface area contributed by atoms with Crippen LogP contribution < -0.4 is 20.4 Å². The van der Waals surface area contributed by atoms with Gasteiger partial charge in [-0.3, -0.25) is 9.59 Å². The molecule has 11 nitrogen and oxygen atoms in total. The smallest absolute Gasteiger partial charge is 0.327 e. The van der Waals surface area contributed by atoms with E-state index < -0.39 is 27.7 Å². The van der Waals surface area contributed by atoms with E-state index in [1.165, 1.54) is 30.3 Å². The highest BCUT2D eigenvalue weighted by atomic mass is 32.2. The van der Waals surface area contributed by atoms with Gasteiger partial charge in [0.1, 0.15) is 5.82 Å². The fourth-order valence-corrected chi connectivity index (χ4v) is 4.72. The summed E-state index contributed by atoms with van der Waals surface area (Å²) in [6.45, 7) is 1.13. The lowest BCUT2D eigenvalue weighted by molar-refractivity contribution is -0.146. The lowest BCUT2D eigenvalue weighted by Crippen LogP contribution is -2.39. The van der Waals surface area contributed by atoms with Crippen molar-refractivity contribution >= 4 is 33.5 Å². The predicted octanol–water partition coefficient (Wildman–Crippen LogP) is 2.25. The summed E-state index contributed by atoms with van der Waals surface area (Å²) in [5, 5.41) is 5.78. The molecule has 2 aromatic carbocycles. The molecule has 1 aromatic heterocycles. The van der Waals surface area contributed by atoms with Gasteiger partial charge in [0.2, 0.25) is 5.95 Å². The Morgan fingerprint density at radius 3 is 2.42 bits per heavy atom. The first-order valence-electron chi connectivity index (χ1n) is 11.9. The molecule has 3 aromatic rings. The summed E-state index contributed by atoms with van der Waals surface area (Å²) in [6, 6.07) is 13.6. The molecular weight excluding hydrogens is 515 g/mol. The molecule has 200 valence electrons. The van der Waals surface area contributed by atoms with E-state index in [4.69, 9.17) is 0 Å². The fraction of sp³-hybridized carbons (Fsp3) is 0.280. The van der Waals surface area contributed by atoms with Crippen LogP contribution in [0.4, 0.5) is 16.0 Å². The van der Waals surface area contributed by atoms with Crippen LogP contribution in [0.25, 0.3) is 0 Å². The molecule has 1 aliphatic heterocycles. The monoisotopic (exact) mass is 542 g/mol. The molecule has 0 bridgehead atoms. The van der Waals surface area contributed by atoms with Gasteiger partial charge in [0.15, 0.2) is 0 Å². The number of carbonyl (C=O) groups is 2. The Labute approximate surface area is 219 Å². The van der Waals surface area contributed by atoms with Crippen LogP contribution in [0.2, 0.25) is 0 Å². The lowest BCUT2D eigenvalue weighted by Gasteiger charge is -2.34. The zero-order valence-electron chi connectivity index (χ0n) is 20.3. The molecule has 1 fully saturated rings. The molecule has 13 heteroatoms.